The number of aliphatic hydroxyl groups is 3. The van der Waals surface area contributed by atoms with Crippen molar-refractivity contribution in [3.8, 4) is 0 Å². The molecule has 3 aromatic heterocycles. The van der Waals surface area contributed by atoms with Crippen molar-refractivity contribution in [1.82, 2.24) is 39.7 Å². The Balaban J connectivity index is 1.42. The third-order valence-electron chi connectivity index (χ3n) is 5.85. The molecule has 3 unspecified atom stereocenters. The Morgan fingerprint density at radius 3 is 2.69 bits per heavy atom. The van der Waals surface area contributed by atoms with Crippen LogP contribution >= 0.6 is 0 Å². The highest BCUT2D eigenvalue weighted by Crippen LogP contribution is 2.38. The third kappa shape index (κ3) is 4.39. The fraction of sp³-hybridized carbons (Fsp3) is 0.429. The predicted octanol–water partition coefficient (Wildman–Crippen LogP) is -0.578. The molecule has 4 aromatic rings. The lowest BCUT2D eigenvalue weighted by molar-refractivity contribution is -0.0384. The lowest BCUT2D eigenvalue weighted by atomic mass is 10.1. The summed E-state index contributed by atoms with van der Waals surface area (Å²) >= 11 is 0. The predicted molar refractivity (Wildman–Crippen MR) is 123 cm³/mol. The van der Waals surface area contributed by atoms with Crippen molar-refractivity contribution in [1.29, 1.82) is 0 Å². The zero-order valence-corrected chi connectivity index (χ0v) is 18.9. The highest BCUT2D eigenvalue weighted by atomic mass is 16.6. The van der Waals surface area contributed by atoms with Crippen molar-refractivity contribution < 1.29 is 20.1 Å². The standard InChI is InChI=1S/C21H26N10O4/c1-2-31-28-18(27-29-31)16-14(33)15(34)20(35-16)30-10-23-13-17(22)25-21(26-19(13)30)24-12(9-32)8-11-6-4-3-5-7-11/h3-7,10,12,14-16,20,32-34H,2,8-9H2,1H3,(H3,22,24,25,26)/t12-,14?,15?,16?,20+/m0/s1. The van der Waals surface area contributed by atoms with Crippen molar-refractivity contribution in [2.24, 2.45) is 0 Å². The van der Waals surface area contributed by atoms with Gasteiger partial charge in [-0.05, 0) is 24.1 Å². The van der Waals surface area contributed by atoms with Crippen LogP contribution in [0.4, 0.5) is 11.8 Å². The van der Waals surface area contributed by atoms with E-state index in [-0.39, 0.29) is 30.2 Å². The van der Waals surface area contributed by atoms with Crippen LogP contribution in [0.5, 0.6) is 0 Å². The van der Waals surface area contributed by atoms with Crippen molar-refractivity contribution >= 4 is 22.9 Å². The number of nitrogens with one attached hydrogen (secondary N) is 1. The third-order valence-corrected chi connectivity index (χ3v) is 5.85. The fourth-order valence-corrected chi connectivity index (χ4v) is 4.04. The lowest BCUT2D eigenvalue weighted by Crippen LogP contribution is -2.29. The molecular formula is C21H26N10O4. The van der Waals surface area contributed by atoms with Crippen LogP contribution in [0.1, 0.15) is 30.6 Å². The van der Waals surface area contributed by atoms with Crippen LogP contribution in [0.25, 0.3) is 11.2 Å². The van der Waals surface area contributed by atoms with E-state index in [0.717, 1.165) is 5.56 Å². The maximum absolute atomic E-state index is 10.7. The van der Waals surface area contributed by atoms with Gasteiger partial charge >= 0.3 is 0 Å². The highest BCUT2D eigenvalue weighted by molar-refractivity contribution is 5.83. The number of hydrogen-bond donors (Lipinski definition) is 5. The molecule has 14 heteroatoms. The molecule has 4 heterocycles. The zero-order valence-electron chi connectivity index (χ0n) is 18.9. The summed E-state index contributed by atoms with van der Waals surface area (Å²) in [6.07, 6.45) is -2.69. The van der Waals surface area contributed by atoms with Gasteiger partial charge in [-0.25, -0.2) is 4.98 Å². The van der Waals surface area contributed by atoms with Gasteiger partial charge in [0.2, 0.25) is 11.8 Å². The van der Waals surface area contributed by atoms with E-state index in [1.54, 1.807) is 0 Å². The molecule has 5 atom stereocenters. The molecule has 1 fully saturated rings. The van der Waals surface area contributed by atoms with Gasteiger partial charge in [-0.2, -0.15) is 14.8 Å². The van der Waals surface area contributed by atoms with Gasteiger partial charge in [-0.3, -0.25) is 4.57 Å². The monoisotopic (exact) mass is 482 g/mol. The molecule has 0 amide bonds. The Morgan fingerprint density at radius 2 is 1.97 bits per heavy atom. The van der Waals surface area contributed by atoms with Gasteiger partial charge in [-0.15, -0.1) is 10.2 Å². The summed E-state index contributed by atoms with van der Waals surface area (Å²) in [6.45, 7) is 2.20. The number of imidazole rings is 1. The number of fused-ring (bicyclic) bond motifs is 1. The van der Waals surface area contributed by atoms with Crippen LogP contribution in [0.2, 0.25) is 0 Å². The number of benzene rings is 1. The summed E-state index contributed by atoms with van der Waals surface area (Å²) in [4.78, 5) is 14.4. The van der Waals surface area contributed by atoms with Gasteiger partial charge < -0.3 is 31.1 Å². The Hall–Kier alpha value is -3.72. The first-order chi connectivity index (χ1) is 17.0. The van der Waals surface area contributed by atoms with E-state index >= 15 is 0 Å². The van der Waals surface area contributed by atoms with Gasteiger partial charge in [0.1, 0.15) is 17.7 Å². The van der Waals surface area contributed by atoms with Crippen LogP contribution < -0.4 is 11.1 Å². The smallest absolute Gasteiger partial charge is 0.227 e. The lowest BCUT2D eigenvalue weighted by Gasteiger charge is -2.18. The van der Waals surface area contributed by atoms with Crippen molar-refractivity contribution in [2.75, 3.05) is 17.7 Å². The minimum atomic E-state index is -1.32. The molecule has 1 aliphatic rings. The number of nitrogens with two attached hydrogens (primary N) is 1. The van der Waals surface area contributed by atoms with E-state index in [1.165, 1.54) is 15.7 Å². The summed E-state index contributed by atoms with van der Waals surface area (Å²) < 4.78 is 7.40. The second-order valence-corrected chi connectivity index (χ2v) is 8.23. The van der Waals surface area contributed by atoms with E-state index < -0.39 is 24.5 Å². The van der Waals surface area contributed by atoms with Gasteiger partial charge in [0.15, 0.2) is 23.8 Å². The number of hydrogen-bond acceptors (Lipinski definition) is 12. The number of anilines is 2. The first kappa shape index (κ1) is 23.0. The molecule has 0 aliphatic carbocycles. The summed E-state index contributed by atoms with van der Waals surface area (Å²) in [5.41, 5.74) is 7.76. The SMILES string of the molecule is CCn1nnc(C2O[C@@H](n3cnc4c(N)nc(N[C@H](CO)Cc5ccccc5)nc43)C(O)C2O)n1. The molecule has 0 saturated carbocycles. The van der Waals surface area contributed by atoms with Crippen molar-refractivity contribution in [3.05, 3.63) is 48.0 Å². The molecule has 1 aliphatic heterocycles. The van der Waals surface area contributed by atoms with Crippen molar-refractivity contribution in [3.63, 3.8) is 0 Å². The van der Waals surface area contributed by atoms with Crippen LogP contribution in [0.3, 0.4) is 0 Å². The number of aliphatic hydroxyl groups excluding tert-OH is 3. The number of nitrogens with zero attached hydrogens (tertiary/aromatic N) is 8. The second-order valence-electron chi connectivity index (χ2n) is 8.23. The number of nitrogen functional groups attached to an aromatic ring is 1. The average molecular weight is 483 g/mol. The normalized spacial score (nSPS) is 23.1. The van der Waals surface area contributed by atoms with Gasteiger partial charge in [0.25, 0.3) is 0 Å². The zero-order chi connectivity index (χ0) is 24.5. The largest absolute Gasteiger partial charge is 0.394 e. The first-order valence-corrected chi connectivity index (χ1v) is 11.2. The molecule has 5 rings (SSSR count). The number of rotatable bonds is 8. The van der Waals surface area contributed by atoms with Gasteiger partial charge in [-0.1, -0.05) is 30.3 Å². The minimum absolute atomic E-state index is 0.116. The first-order valence-electron chi connectivity index (χ1n) is 11.2. The van der Waals surface area contributed by atoms with Crippen LogP contribution in [0, 0.1) is 0 Å². The molecule has 35 heavy (non-hydrogen) atoms. The Bertz CT molecular complexity index is 1300. The number of tetrazole rings is 1. The molecule has 184 valence electrons. The summed E-state index contributed by atoms with van der Waals surface area (Å²) in [6, 6.07) is 9.34. The fourth-order valence-electron chi connectivity index (χ4n) is 4.04. The average Bonchev–Trinajstić information content (AvgIpc) is 3.58. The van der Waals surface area contributed by atoms with Crippen LogP contribution in [0.15, 0.2) is 36.7 Å². The quantitative estimate of drug-likeness (QED) is 0.215. The van der Waals surface area contributed by atoms with Crippen molar-refractivity contribution in [2.45, 2.75) is 50.5 Å². The Labute approximate surface area is 199 Å². The summed E-state index contributed by atoms with van der Waals surface area (Å²) in [7, 11) is 0. The van der Waals surface area contributed by atoms with E-state index in [9.17, 15) is 15.3 Å². The summed E-state index contributed by atoms with van der Waals surface area (Å²) in [5.74, 6) is 0.460. The van der Waals surface area contributed by atoms with E-state index in [2.05, 4.69) is 35.7 Å². The summed E-state index contributed by atoms with van der Waals surface area (Å²) in [5, 5.41) is 46.3. The molecule has 1 saturated heterocycles. The number of aromatic nitrogens is 8. The highest BCUT2D eigenvalue weighted by Gasteiger charge is 2.47. The van der Waals surface area contributed by atoms with E-state index in [0.29, 0.717) is 24.1 Å². The maximum Gasteiger partial charge on any atom is 0.227 e. The van der Waals surface area contributed by atoms with E-state index in [4.69, 9.17) is 10.5 Å². The molecule has 0 bridgehead atoms. The minimum Gasteiger partial charge on any atom is -0.394 e. The van der Waals surface area contributed by atoms with E-state index in [1.807, 2.05) is 37.3 Å². The molecular weight excluding hydrogens is 456 g/mol. The van der Waals surface area contributed by atoms with Crippen LogP contribution in [-0.4, -0.2) is 79.9 Å². The molecule has 6 N–H and O–H groups in total. The maximum atomic E-state index is 10.7. The number of ether oxygens (including phenoxy) is 1. The molecule has 14 nitrogen and oxygen atoms in total. The van der Waals surface area contributed by atoms with Gasteiger partial charge in [0.05, 0.1) is 25.5 Å². The van der Waals surface area contributed by atoms with Crippen LogP contribution in [-0.2, 0) is 17.7 Å². The Kier molecular flexibility index (Phi) is 6.25. The second kappa shape index (κ2) is 9.50. The molecule has 0 spiro atoms. The molecule has 1 aromatic carbocycles. The molecule has 0 radical (unpaired) electrons. The topological polar surface area (TPSA) is 195 Å². The Morgan fingerprint density at radius 1 is 1.17 bits per heavy atom. The van der Waals surface area contributed by atoms with Gasteiger partial charge in [0, 0.05) is 0 Å². The number of aryl methyl sites for hydroxylation is 1.